The largest absolute Gasteiger partial charge is 0.452 e. The molecule has 0 atom stereocenters. The third-order valence-electron chi connectivity index (χ3n) is 2.69. The number of esters is 1. The van der Waals surface area contributed by atoms with Gasteiger partial charge in [0.15, 0.2) is 6.61 Å². The summed E-state index contributed by atoms with van der Waals surface area (Å²) in [5.41, 5.74) is 4.69. The molecule has 8 heteroatoms. The highest BCUT2D eigenvalue weighted by atomic mass is 35.5. The van der Waals surface area contributed by atoms with Gasteiger partial charge in [-0.25, -0.2) is 4.79 Å². The van der Waals surface area contributed by atoms with Gasteiger partial charge in [-0.2, -0.15) is 0 Å². The molecule has 24 heavy (non-hydrogen) atoms. The molecule has 1 aromatic heterocycles. The average molecular weight is 365 g/mol. The number of hydrogen-bond acceptors (Lipinski definition) is 5. The van der Waals surface area contributed by atoms with E-state index in [9.17, 15) is 14.4 Å². The third kappa shape index (κ3) is 5.86. The fourth-order valence-corrected chi connectivity index (χ4v) is 2.30. The molecule has 0 saturated carbocycles. The normalized spacial score (nSPS) is 10.4. The second-order valence-corrected chi connectivity index (χ2v) is 5.88. The zero-order chi connectivity index (χ0) is 17.4. The highest BCUT2D eigenvalue weighted by Gasteiger charge is 2.08. The summed E-state index contributed by atoms with van der Waals surface area (Å²) in [6.45, 7) is -0.505. The molecule has 124 valence electrons. The van der Waals surface area contributed by atoms with Gasteiger partial charge >= 0.3 is 5.97 Å². The monoisotopic (exact) mass is 364 g/mol. The molecule has 2 amide bonds. The molecule has 1 heterocycles. The summed E-state index contributed by atoms with van der Waals surface area (Å²) in [7, 11) is 0. The fourth-order valence-electron chi connectivity index (χ4n) is 1.56. The Morgan fingerprint density at radius 2 is 1.88 bits per heavy atom. The van der Waals surface area contributed by atoms with E-state index in [1.54, 1.807) is 18.2 Å². The lowest BCUT2D eigenvalue weighted by Gasteiger charge is -2.07. The number of halogens is 1. The lowest BCUT2D eigenvalue weighted by molar-refractivity contribution is -0.144. The quantitative estimate of drug-likeness (QED) is 0.485. The van der Waals surface area contributed by atoms with Crippen molar-refractivity contribution in [3.8, 4) is 0 Å². The Kier molecular flexibility index (Phi) is 6.53. The highest BCUT2D eigenvalue weighted by Crippen LogP contribution is 2.10. The fraction of sp³-hybridized carbons (Fsp3) is 0.0625. The molecule has 0 saturated heterocycles. The number of rotatable bonds is 5. The van der Waals surface area contributed by atoms with Gasteiger partial charge < -0.3 is 4.74 Å². The van der Waals surface area contributed by atoms with E-state index in [0.29, 0.717) is 10.6 Å². The zero-order valence-electron chi connectivity index (χ0n) is 12.3. The summed E-state index contributed by atoms with van der Waals surface area (Å²) in [5, 5.41) is 2.38. The minimum atomic E-state index is -0.657. The second-order valence-electron chi connectivity index (χ2n) is 4.47. The van der Waals surface area contributed by atoms with Crippen LogP contribution in [0.2, 0.25) is 5.02 Å². The number of ether oxygens (including phenoxy) is 1. The zero-order valence-corrected chi connectivity index (χ0v) is 13.9. The number of carbonyl (C=O) groups excluding carboxylic acids is 3. The van der Waals surface area contributed by atoms with Gasteiger partial charge in [-0.15, -0.1) is 11.3 Å². The van der Waals surface area contributed by atoms with Crippen molar-refractivity contribution < 1.29 is 19.1 Å². The van der Waals surface area contributed by atoms with Gasteiger partial charge in [0, 0.05) is 21.5 Å². The van der Waals surface area contributed by atoms with Crippen LogP contribution < -0.4 is 10.9 Å². The van der Waals surface area contributed by atoms with Gasteiger partial charge in [0.1, 0.15) is 0 Å². The van der Waals surface area contributed by atoms with Crippen molar-refractivity contribution in [2.45, 2.75) is 0 Å². The minimum absolute atomic E-state index is 0.329. The maximum absolute atomic E-state index is 11.7. The van der Waals surface area contributed by atoms with Crippen LogP contribution in [-0.2, 0) is 14.3 Å². The Morgan fingerprint density at radius 1 is 1.12 bits per heavy atom. The maximum Gasteiger partial charge on any atom is 0.331 e. The third-order valence-corrected chi connectivity index (χ3v) is 3.78. The first-order valence-corrected chi connectivity index (χ1v) is 8.03. The van der Waals surface area contributed by atoms with E-state index in [2.05, 4.69) is 10.9 Å². The maximum atomic E-state index is 11.7. The van der Waals surface area contributed by atoms with E-state index in [1.165, 1.54) is 29.5 Å². The number of benzene rings is 1. The molecule has 1 aromatic carbocycles. The molecule has 2 N–H and O–H groups in total. The lowest BCUT2D eigenvalue weighted by atomic mass is 10.2. The average Bonchev–Trinajstić information content (AvgIpc) is 3.10. The predicted molar refractivity (Wildman–Crippen MR) is 91.4 cm³/mol. The van der Waals surface area contributed by atoms with Crippen LogP contribution in [0, 0.1) is 0 Å². The molecular formula is C16H13ClN2O4S. The Labute approximate surface area is 147 Å². The summed E-state index contributed by atoms with van der Waals surface area (Å²) in [6.07, 6.45) is 2.82. The first-order valence-electron chi connectivity index (χ1n) is 6.77. The SMILES string of the molecule is O=C(COC(=O)C=Cc1cccs1)NNC(=O)c1ccc(Cl)cc1. The summed E-state index contributed by atoms with van der Waals surface area (Å²) >= 11 is 7.19. The number of amides is 2. The topological polar surface area (TPSA) is 84.5 Å². The van der Waals surface area contributed by atoms with Gasteiger partial charge in [-0.3, -0.25) is 20.4 Å². The number of carbonyl (C=O) groups is 3. The molecule has 0 fully saturated rings. The van der Waals surface area contributed by atoms with E-state index in [0.717, 1.165) is 4.88 Å². The lowest BCUT2D eigenvalue weighted by Crippen LogP contribution is -2.43. The van der Waals surface area contributed by atoms with Crippen molar-refractivity contribution in [1.29, 1.82) is 0 Å². The number of nitrogens with one attached hydrogen (secondary N) is 2. The molecule has 0 spiro atoms. The Hall–Kier alpha value is -2.64. The summed E-state index contributed by atoms with van der Waals surface area (Å²) in [5.74, 6) is -1.82. The standard InChI is InChI=1S/C16H13ClN2O4S/c17-12-5-3-11(4-6-12)16(22)19-18-14(20)10-23-15(21)8-7-13-2-1-9-24-13/h1-9H,10H2,(H,18,20)(H,19,22). The van der Waals surface area contributed by atoms with Gasteiger partial charge in [0.2, 0.25) is 0 Å². The van der Waals surface area contributed by atoms with Crippen molar-refractivity contribution in [3.63, 3.8) is 0 Å². The predicted octanol–water partition coefficient (Wildman–Crippen LogP) is 2.42. The van der Waals surface area contributed by atoms with Crippen LogP contribution in [0.4, 0.5) is 0 Å². The van der Waals surface area contributed by atoms with Crippen LogP contribution in [0.25, 0.3) is 6.08 Å². The first-order chi connectivity index (χ1) is 11.5. The minimum Gasteiger partial charge on any atom is -0.452 e. The Balaban J connectivity index is 1.70. The van der Waals surface area contributed by atoms with Crippen molar-refractivity contribution in [2.75, 3.05) is 6.61 Å². The van der Waals surface area contributed by atoms with Crippen LogP contribution >= 0.6 is 22.9 Å². The number of thiophene rings is 1. The van der Waals surface area contributed by atoms with Crippen molar-refractivity contribution in [2.24, 2.45) is 0 Å². The van der Waals surface area contributed by atoms with Gasteiger partial charge in [-0.05, 0) is 41.8 Å². The van der Waals surface area contributed by atoms with E-state index >= 15 is 0 Å². The molecule has 0 aliphatic carbocycles. The molecule has 0 unspecified atom stereocenters. The summed E-state index contributed by atoms with van der Waals surface area (Å²) in [6, 6.07) is 9.83. The molecule has 0 aliphatic heterocycles. The van der Waals surface area contributed by atoms with Crippen LogP contribution in [-0.4, -0.2) is 24.4 Å². The first kappa shape index (κ1) is 17.7. The molecule has 0 bridgehead atoms. The number of hydrazine groups is 1. The van der Waals surface area contributed by atoms with E-state index < -0.39 is 24.4 Å². The van der Waals surface area contributed by atoms with Gasteiger partial charge in [0.25, 0.3) is 11.8 Å². The molecule has 2 aromatic rings. The van der Waals surface area contributed by atoms with Crippen LogP contribution in [0.5, 0.6) is 0 Å². The second kappa shape index (κ2) is 8.85. The molecular weight excluding hydrogens is 352 g/mol. The number of hydrogen-bond donors (Lipinski definition) is 2. The van der Waals surface area contributed by atoms with E-state index in [4.69, 9.17) is 16.3 Å². The van der Waals surface area contributed by atoms with Crippen LogP contribution in [0.3, 0.4) is 0 Å². The Morgan fingerprint density at radius 3 is 2.54 bits per heavy atom. The smallest absolute Gasteiger partial charge is 0.331 e. The van der Waals surface area contributed by atoms with E-state index in [1.807, 2.05) is 17.5 Å². The molecule has 6 nitrogen and oxygen atoms in total. The Bertz CT molecular complexity index is 742. The molecule has 0 radical (unpaired) electrons. The van der Waals surface area contributed by atoms with Crippen LogP contribution in [0.1, 0.15) is 15.2 Å². The van der Waals surface area contributed by atoms with Gasteiger partial charge in [0.05, 0.1) is 0 Å². The highest BCUT2D eigenvalue weighted by molar-refractivity contribution is 7.10. The van der Waals surface area contributed by atoms with Crippen molar-refractivity contribution in [3.05, 3.63) is 63.3 Å². The van der Waals surface area contributed by atoms with E-state index in [-0.39, 0.29) is 0 Å². The van der Waals surface area contributed by atoms with Gasteiger partial charge in [-0.1, -0.05) is 17.7 Å². The van der Waals surface area contributed by atoms with Crippen molar-refractivity contribution >= 4 is 46.8 Å². The molecule has 2 rings (SSSR count). The van der Waals surface area contributed by atoms with Crippen molar-refractivity contribution in [1.82, 2.24) is 10.9 Å². The van der Waals surface area contributed by atoms with Crippen LogP contribution in [0.15, 0.2) is 47.9 Å². The summed E-state index contributed by atoms with van der Waals surface area (Å²) in [4.78, 5) is 35.6. The summed E-state index contributed by atoms with van der Waals surface area (Å²) < 4.78 is 4.75. The molecule has 0 aliphatic rings.